The average molecular weight is 294 g/mol. The molecule has 12 heavy (non-hydrogen) atoms. The molecule has 0 aliphatic rings. The van der Waals surface area contributed by atoms with Crippen LogP contribution in [0.1, 0.15) is 10.4 Å². The van der Waals surface area contributed by atoms with Gasteiger partial charge in [0.25, 0.3) is 0 Å². The Morgan fingerprint density at radius 3 is 2.83 bits per heavy atom. The first kappa shape index (κ1) is 10.1. The molecule has 3 heteroatoms. The Morgan fingerprint density at radius 2 is 2.25 bits per heavy atom. The Bertz CT molecular complexity index is 250. The van der Waals surface area contributed by atoms with Crippen molar-refractivity contribution in [1.82, 2.24) is 0 Å². The van der Waals surface area contributed by atoms with Crippen molar-refractivity contribution in [2.75, 3.05) is 12.4 Å². The second-order valence-corrected chi connectivity index (χ2v) is 4.15. The number of alkyl halides is 2. The molecule has 0 aromatic heterocycles. The zero-order chi connectivity index (χ0) is 8.97. The molecule has 1 aromatic carbocycles. The van der Waals surface area contributed by atoms with Gasteiger partial charge in [-0.15, -0.1) is 0 Å². The van der Waals surface area contributed by atoms with Gasteiger partial charge in [-0.1, -0.05) is 44.0 Å². The SMILES string of the molecule is COc1cccc(C(Br)CBr)c1. The van der Waals surface area contributed by atoms with Gasteiger partial charge in [0.1, 0.15) is 5.75 Å². The first-order valence-electron chi connectivity index (χ1n) is 3.62. The molecular weight excluding hydrogens is 284 g/mol. The van der Waals surface area contributed by atoms with Crippen LogP contribution in [-0.2, 0) is 0 Å². The van der Waals surface area contributed by atoms with Crippen LogP contribution < -0.4 is 4.74 Å². The average Bonchev–Trinajstić information content (AvgIpc) is 2.17. The summed E-state index contributed by atoms with van der Waals surface area (Å²) in [5.74, 6) is 0.901. The number of hydrogen-bond acceptors (Lipinski definition) is 1. The first-order chi connectivity index (χ1) is 5.77. The fraction of sp³-hybridized carbons (Fsp3) is 0.333. The van der Waals surface area contributed by atoms with Gasteiger partial charge < -0.3 is 4.74 Å². The second kappa shape index (κ2) is 4.87. The second-order valence-electron chi connectivity index (χ2n) is 2.40. The van der Waals surface area contributed by atoms with E-state index in [0.717, 1.165) is 11.1 Å². The largest absolute Gasteiger partial charge is 0.497 e. The lowest BCUT2D eigenvalue weighted by Gasteiger charge is -2.07. The van der Waals surface area contributed by atoms with E-state index in [-0.39, 0.29) is 0 Å². The molecule has 0 N–H and O–H groups in total. The predicted octanol–water partition coefficient (Wildman–Crippen LogP) is 3.53. The molecule has 0 fully saturated rings. The molecule has 0 saturated carbocycles. The number of rotatable bonds is 3. The highest BCUT2D eigenvalue weighted by Crippen LogP contribution is 2.27. The van der Waals surface area contributed by atoms with Crippen molar-refractivity contribution < 1.29 is 4.74 Å². The zero-order valence-electron chi connectivity index (χ0n) is 6.76. The monoisotopic (exact) mass is 292 g/mol. The fourth-order valence-electron chi connectivity index (χ4n) is 0.925. The maximum Gasteiger partial charge on any atom is 0.119 e. The summed E-state index contributed by atoms with van der Waals surface area (Å²) in [6.07, 6.45) is 0. The van der Waals surface area contributed by atoms with Crippen molar-refractivity contribution in [3.05, 3.63) is 29.8 Å². The number of ether oxygens (including phenoxy) is 1. The van der Waals surface area contributed by atoms with Crippen LogP contribution in [0.5, 0.6) is 5.75 Å². The molecule has 1 nitrogen and oxygen atoms in total. The van der Waals surface area contributed by atoms with Crippen molar-refractivity contribution in [3.63, 3.8) is 0 Å². The minimum absolute atomic E-state index is 0.354. The van der Waals surface area contributed by atoms with Gasteiger partial charge in [-0.25, -0.2) is 0 Å². The first-order valence-corrected chi connectivity index (χ1v) is 5.65. The minimum atomic E-state index is 0.354. The van der Waals surface area contributed by atoms with E-state index < -0.39 is 0 Å². The van der Waals surface area contributed by atoms with Crippen molar-refractivity contribution >= 4 is 31.9 Å². The van der Waals surface area contributed by atoms with Crippen LogP contribution in [0.3, 0.4) is 0 Å². The Balaban J connectivity index is 2.86. The molecule has 0 aliphatic carbocycles. The molecule has 0 spiro atoms. The van der Waals surface area contributed by atoms with Crippen molar-refractivity contribution in [3.8, 4) is 5.75 Å². The number of methoxy groups -OCH3 is 1. The normalized spacial score (nSPS) is 12.6. The molecule has 66 valence electrons. The molecule has 0 bridgehead atoms. The molecule has 0 radical (unpaired) electrons. The predicted molar refractivity (Wildman–Crippen MR) is 58.5 cm³/mol. The van der Waals surface area contributed by atoms with Gasteiger partial charge in [0.15, 0.2) is 0 Å². The highest BCUT2D eigenvalue weighted by molar-refractivity contribution is 9.12. The molecule has 0 heterocycles. The summed E-state index contributed by atoms with van der Waals surface area (Å²) in [5, 5.41) is 0.903. The Labute approximate surface area is 89.4 Å². The van der Waals surface area contributed by atoms with Gasteiger partial charge in [-0.05, 0) is 17.7 Å². The smallest absolute Gasteiger partial charge is 0.119 e. The van der Waals surface area contributed by atoms with Crippen molar-refractivity contribution in [2.45, 2.75) is 4.83 Å². The highest BCUT2D eigenvalue weighted by Gasteiger charge is 2.05. The number of halogens is 2. The van der Waals surface area contributed by atoms with Gasteiger partial charge in [0.2, 0.25) is 0 Å². The van der Waals surface area contributed by atoms with Crippen LogP contribution in [0.15, 0.2) is 24.3 Å². The summed E-state index contributed by atoms with van der Waals surface area (Å²) in [4.78, 5) is 0.354. The molecular formula is C9H10Br2O. The van der Waals surface area contributed by atoms with Crippen LogP contribution >= 0.6 is 31.9 Å². The van der Waals surface area contributed by atoms with E-state index in [1.54, 1.807) is 7.11 Å². The number of hydrogen-bond donors (Lipinski definition) is 0. The summed E-state index contributed by atoms with van der Waals surface area (Å²) in [7, 11) is 1.68. The molecule has 0 aliphatic heterocycles. The third-order valence-electron chi connectivity index (χ3n) is 1.59. The molecule has 1 atom stereocenters. The molecule has 1 rings (SSSR count). The maximum atomic E-state index is 5.11. The van der Waals surface area contributed by atoms with Crippen LogP contribution in [0, 0.1) is 0 Å². The summed E-state index contributed by atoms with van der Waals surface area (Å²) in [5.41, 5.74) is 1.23. The lowest BCUT2D eigenvalue weighted by molar-refractivity contribution is 0.414. The van der Waals surface area contributed by atoms with Crippen LogP contribution in [-0.4, -0.2) is 12.4 Å². The highest BCUT2D eigenvalue weighted by atomic mass is 79.9. The van der Waals surface area contributed by atoms with Gasteiger partial charge >= 0.3 is 0 Å². The van der Waals surface area contributed by atoms with Gasteiger partial charge in [0.05, 0.1) is 7.11 Å². The van der Waals surface area contributed by atoms with E-state index in [0.29, 0.717) is 4.83 Å². The Morgan fingerprint density at radius 1 is 1.50 bits per heavy atom. The maximum absolute atomic E-state index is 5.11. The topological polar surface area (TPSA) is 9.23 Å². The fourth-order valence-corrected chi connectivity index (χ4v) is 1.58. The lowest BCUT2D eigenvalue weighted by Crippen LogP contribution is -1.91. The summed E-state index contributed by atoms with van der Waals surface area (Å²) < 4.78 is 5.11. The van der Waals surface area contributed by atoms with Gasteiger partial charge in [0, 0.05) is 10.2 Å². The van der Waals surface area contributed by atoms with E-state index in [1.807, 2.05) is 18.2 Å². The Kier molecular flexibility index (Phi) is 4.09. The van der Waals surface area contributed by atoms with E-state index in [2.05, 4.69) is 37.9 Å². The summed E-state index contributed by atoms with van der Waals surface area (Å²) >= 11 is 6.96. The van der Waals surface area contributed by atoms with E-state index in [4.69, 9.17) is 4.74 Å². The summed E-state index contributed by atoms with van der Waals surface area (Å²) in [6.45, 7) is 0. The molecule has 0 saturated heterocycles. The van der Waals surface area contributed by atoms with Crippen molar-refractivity contribution in [2.24, 2.45) is 0 Å². The van der Waals surface area contributed by atoms with Gasteiger partial charge in [-0.2, -0.15) is 0 Å². The molecule has 1 aromatic rings. The van der Waals surface area contributed by atoms with Crippen molar-refractivity contribution in [1.29, 1.82) is 0 Å². The molecule has 1 unspecified atom stereocenters. The van der Waals surface area contributed by atoms with Crippen LogP contribution in [0.4, 0.5) is 0 Å². The third kappa shape index (κ3) is 2.49. The summed E-state index contributed by atoms with van der Waals surface area (Å²) in [6, 6.07) is 8.03. The minimum Gasteiger partial charge on any atom is -0.497 e. The van der Waals surface area contributed by atoms with Crippen LogP contribution in [0.2, 0.25) is 0 Å². The van der Waals surface area contributed by atoms with Crippen LogP contribution in [0.25, 0.3) is 0 Å². The molecule has 0 amide bonds. The zero-order valence-corrected chi connectivity index (χ0v) is 9.93. The standard InChI is InChI=1S/C9H10Br2O/c1-12-8-4-2-3-7(5-8)9(11)6-10/h2-5,9H,6H2,1H3. The van der Waals surface area contributed by atoms with E-state index in [9.17, 15) is 0 Å². The van der Waals surface area contributed by atoms with E-state index in [1.165, 1.54) is 5.56 Å². The lowest BCUT2D eigenvalue weighted by atomic mass is 10.2. The quantitative estimate of drug-likeness (QED) is 0.775. The third-order valence-corrected chi connectivity index (χ3v) is 3.96. The van der Waals surface area contributed by atoms with E-state index >= 15 is 0 Å². The van der Waals surface area contributed by atoms with Gasteiger partial charge in [-0.3, -0.25) is 0 Å². The Hall–Kier alpha value is -0.0200. The number of benzene rings is 1.